The van der Waals surface area contributed by atoms with Gasteiger partial charge in [-0.15, -0.1) is 0 Å². The van der Waals surface area contributed by atoms with Crippen LogP contribution in [0.1, 0.15) is 25.7 Å². The van der Waals surface area contributed by atoms with E-state index in [0.717, 1.165) is 17.1 Å². The van der Waals surface area contributed by atoms with Crippen LogP contribution in [0, 0.1) is 0 Å². The first-order chi connectivity index (χ1) is 11.7. The van der Waals surface area contributed by atoms with E-state index in [1.165, 1.54) is 16.3 Å². The van der Waals surface area contributed by atoms with Crippen LogP contribution in [0.2, 0.25) is 0 Å². The first kappa shape index (κ1) is 14.8. The molecule has 0 saturated heterocycles. The van der Waals surface area contributed by atoms with Gasteiger partial charge in [-0.2, -0.15) is 0 Å². The SMILES string of the molecule is CC(C)[n+]1c(COc2ccc3ccccc3c2)[nH]c2ccccc21. The van der Waals surface area contributed by atoms with Crippen LogP contribution in [0.15, 0.2) is 66.7 Å². The van der Waals surface area contributed by atoms with Gasteiger partial charge in [0.15, 0.2) is 17.6 Å². The third-order valence-electron chi connectivity index (χ3n) is 4.35. The number of para-hydroxylation sites is 2. The molecular weight excluding hydrogens is 296 g/mol. The molecule has 0 saturated carbocycles. The summed E-state index contributed by atoms with van der Waals surface area (Å²) in [5.74, 6) is 1.97. The Balaban J connectivity index is 1.65. The maximum absolute atomic E-state index is 6.07. The molecular formula is C21H21N2O+. The molecule has 3 aromatic carbocycles. The lowest BCUT2D eigenvalue weighted by atomic mass is 10.1. The van der Waals surface area contributed by atoms with Crippen molar-refractivity contribution in [3.63, 3.8) is 0 Å². The van der Waals surface area contributed by atoms with Crippen molar-refractivity contribution in [1.29, 1.82) is 0 Å². The first-order valence-corrected chi connectivity index (χ1v) is 8.35. The van der Waals surface area contributed by atoms with Crippen molar-refractivity contribution >= 4 is 21.8 Å². The number of nitrogens with zero attached hydrogens (tertiary/aromatic N) is 1. The maximum atomic E-state index is 6.07. The predicted molar refractivity (Wildman–Crippen MR) is 97.2 cm³/mol. The zero-order chi connectivity index (χ0) is 16.5. The lowest BCUT2D eigenvalue weighted by molar-refractivity contribution is -0.699. The number of benzene rings is 3. The number of rotatable bonds is 4. The highest BCUT2D eigenvalue weighted by molar-refractivity contribution is 5.83. The Morgan fingerprint density at radius 1 is 0.917 bits per heavy atom. The minimum absolute atomic E-state index is 0.372. The van der Waals surface area contributed by atoms with Crippen molar-refractivity contribution in [3.05, 3.63) is 72.6 Å². The van der Waals surface area contributed by atoms with Crippen molar-refractivity contribution in [3.8, 4) is 5.75 Å². The second-order valence-electron chi connectivity index (χ2n) is 6.35. The number of aromatic nitrogens is 2. The van der Waals surface area contributed by atoms with E-state index in [9.17, 15) is 0 Å². The van der Waals surface area contributed by atoms with Crippen LogP contribution < -0.4 is 9.30 Å². The summed E-state index contributed by atoms with van der Waals surface area (Å²) in [6.45, 7) is 4.91. The minimum Gasteiger partial charge on any atom is -0.481 e. The number of hydrogen-bond donors (Lipinski definition) is 1. The van der Waals surface area contributed by atoms with E-state index in [-0.39, 0.29) is 0 Å². The molecule has 0 amide bonds. The quantitative estimate of drug-likeness (QED) is 0.540. The van der Waals surface area contributed by atoms with Gasteiger partial charge in [0.2, 0.25) is 0 Å². The molecule has 0 aliphatic heterocycles. The number of ether oxygens (including phenoxy) is 1. The van der Waals surface area contributed by atoms with Gasteiger partial charge in [0.25, 0.3) is 5.82 Å². The molecule has 3 nitrogen and oxygen atoms in total. The van der Waals surface area contributed by atoms with Crippen LogP contribution >= 0.6 is 0 Å². The van der Waals surface area contributed by atoms with Gasteiger partial charge in [0, 0.05) is 0 Å². The number of hydrogen-bond acceptors (Lipinski definition) is 1. The predicted octanol–water partition coefficient (Wildman–Crippen LogP) is 4.77. The normalized spacial score (nSPS) is 11.5. The summed E-state index contributed by atoms with van der Waals surface area (Å²) < 4.78 is 8.37. The highest BCUT2D eigenvalue weighted by atomic mass is 16.5. The molecule has 1 N–H and O–H groups in total. The van der Waals surface area contributed by atoms with Crippen LogP contribution in [0.3, 0.4) is 0 Å². The summed E-state index contributed by atoms with van der Waals surface area (Å²) in [5.41, 5.74) is 2.35. The fourth-order valence-corrected chi connectivity index (χ4v) is 3.25. The second-order valence-corrected chi connectivity index (χ2v) is 6.35. The first-order valence-electron chi connectivity index (χ1n) is 8.35. The molecule has 0 radical (unpaired) electrons. The van der Waals surface area contributed by atoms with Crippen molar-refractivity contribution in [2.24, 2.45) is 0 Å². The average molecular weight is 317 g/mol. The summed E-state index contributed by atoms with van der Waals surface area (Å²) in [6.07, 6.45) is 0. The largest absolute Gasteiger partial charge is 0.481 e. The van der Waals surface area contributed by atoms with E-state index in [1.807, 2.05) is 6.07 Å². The Morgan fingerprint density at radius 2 is 1.67 bits per heavy atom. The van der Waals surface area contributed by atoms with Crippen LogP contribution in [-0.4, -0.2) is 4.98 Å². The third kappa shape index (κ3) is 2.62. The van der Waals surface area contributed by atoms with E-state index in [0.29, 0.717) is 12.6 Å². The van der Waals surface area contributed by atoms with Crippen molar-refractivity contribution in [2.45, 2.75) is 26.5 Å². The molecule has 0 spiro atoms. The molecule has 120 valence electrons. The average Bonchev–Trinajstić information content (AvgIpc) is 2.98. The molecule has 0 unspecified atom stereocenters. The Bertz CT molecular complexity index is 1000. The van der Waals surface area contributed by atoms with Crippen molar-refractivity contribution in [1.82, 2.24) is 4.98 Å². The topological polar surface area (TPSA) is 28.9 Å². The summed E-state index contributed by atoms with van der Waals surface area (Å²) in [4.78, 5) is 3.49. The van der Waals surface area contributed by atoms with Gasteiger partial charge in [0.05, 0.1) is 6.04 Å². The van der Waals surface area contributed by atoms with Crippen molar-refractivity contribution < 1.29 is 9.30 Å². The number of imidazole rings is 1. The summed E-state index contributed by atoms with van der Waals surface area (Å²) in [5, 5.41) is 2.43. The summed E-state index contributed by atoms with van der Waals surface area (Å²) in [7, 11) is 0. The second kappa shape index (κ2) is 6.00. The van der Waals surface area contributed by atoms with Gasteiger partial charge in [-0.25, -0.2) is 9.55 Å². The molecule has 0 fully saturated rings. The van der Waals surface area contributed by atoms with Gasteiger partial charge in [0.1, 0.15) is 5.75 Å². The standard InChI is InChI=1S/C21H20N2O/c1-15(2)23-20-10-6-5-9-19(20)22-21(23)14-24-18-12-11-16-7-3-4-8-17(16)13-18/h3-13,15H,14H2,1-2H3/p+1. The maximum Gasteiger partial charge on any atom is 0.293 e. The van der Waals surface area contributed by atoms with Crippen LogP contribution in [0.5, 0.6) is 5.75 Å². The smallest absolute Gasteiger partial charge is 0.293 e. The number of fused-ring (bicyclic) bond motifs is 2. The van der Waals surface area contributed by atoms with Crippen LogP contribution in [-0.2, 0) is 6.61 Å². The van der Waals surface area contributed by atoms with E-state index in [1.54, 1.807) is 0 Å². The molecule has 0 aliphatic carbocycles. The monoisotopic (exact) mass is 317 g/mol. The fraction of sp³-hybridized carbons (Fsp3) is 0.190. The minimum atomic E-state index is 0.372. The Labute approximate surface area is 141 Å². The third-order valence-corrected chi connectivity index (χ3v) is 4.35. The van der Waals surface area contributed by atoms with Gasteiger partial charge >= 0.3 is 0 Å². The molecule has 24 heavy (non-hydrogen) atoms. The molecule has 0 atom stereocenters. The fourth-order valence-electron chi connectivity index (χ4n) is 3.25. The number of H-pyrrole nitrogens is 1. The Kier molecular flexibility index (Phi) is 3.69. The van der Waals surface area contributed by atoms with Crippen LogP contribution in [0.25, 0.3) is 21.8 Å². The van der Waals surface area contributed by atoms with E-state index in [4.69, 9.17) is 4.74 Å². The van der Waals surface area contributed by atoms with Gasteiger partial charge in [-0.05, 0) is 48.9 Å². The van der Waals surface area contributed by atoms with Crippen molar-refractivity contribution in [2.75, 3.05) is 0 Å². The van der Waals surface area contributed by atoms with E-state index >= 15 is 0 Å². The molecule has 0 bridgehead atoms. The van der Waals surface area contributed by atoms with E-state index < -0.39 is 0 Å². The zero-order valence-corrected chi connectivity index (χ0v) is 14.0. The highest BCUT2D eigenvalue weighted by Gasteiger charge is 2.20. The summed E-state index contributed by atoms with van der Waals surface area (Å²) >= 11 is 0. The molecule has 1 aromatic heterocycles. The molecule has 4 rings (SSSR count). The lowest BCUT2D eigenvalue weighted by Gasteiger charge is -2.08. The Hall–Kier alpha value is -2.81. The van der Waals surface area contributed by atoms with E-state index in [2.05, 4.69) is 84.1 Å². The highest BCUT2D eigenvalue weighted by Crippen LogP contribution is 2.21. The molecule has 1 heterocycles. The summed E-state index contributed by atoms with van der Waals surface area (Å²) in [6, 6.07) is 23.3. The van der Waals surface area contributed by atoms with Crippen LogP contribution in [0.4, 0.5) is 0 Å². The van der Waals surface area contributed by atoms with Gasteiger partial charge in [-0.3, -0.25) is 0 Å². The van der Waals surface area contributed by atoms with Gasteiger partial charge < -0.3 is 4.74 Å². The number of aromatic amines is 1. The van der Waals surface area contributed by atoms with Gasteiger partial charge in [-0.1, -0.05) is 42.5 Å². The molecule has 0 aliphatic rings. The molecule has 3 heteroatoms. The lowest BCUT2D eigenvalue weighted by Crippen LogP contribution is -2.39. The zero-order valence-electron chi connectivity index (χ0n) is 14.0. The Morgan fingerprint density at radius 3 is 2.50 bits per heavy atom. The number of nitrogens with one attached hydrogen (secondary N) is 1. The molecule has 4 aromatic rings.